The first-order chi connectivity index (χ1) is 14.5. The van der Waals surface area contributed by atoms with Crippen LogP contribution in [0.3, 0.4) is 0 Å². The predicted molar refractivity (Wildman–Crippen MR) is 114 cm³/mol. The van der Waals surface area contributed by atoms with Gasteiger partial charge in [0.15, 0.2) is 11.6 Å². The molecule has 6 heteroatoms. The SMILES string of the molecule is CCCCCCC1CCC(OC(=O)c2cc3ccc(OCC)c(F)c3c(=O)o2)CC1. The van der Waals surface area contributed by atoms with Gasteiger partial charge in [0.25, 0.3) is 0 Å². The molecule has 0 saturated heterocycles. The number of hydrogen-bond acceptors (Lipinski definition) is 5. The second-order valence-electron chi connectivity index (χ2n) is 8.07. The van der Waals surface area contributed by atoms with E-state index in [9.17, 15) is 14.0 Å². The van der Waals surface area contributed by atoms with Gasteiger partial charge in [0.2, 0.25) is 5.76 Å². The third-order valence-electron chi connectivity index (χ3n) is 5.87. The van der Waals surface area contributed by atoms with Gasteiger partial charge in [-0.25, -0.2) is 14.0 Å². The smallest absolute Gasteiger partial charge is 0.374 e. The van der Waals surface area contributed by atoms with Gasteiger partial charge in [0.05, 0.1) is 6.61 Å². The zero-order valence-corrected chi connectivity index (χ0v) is 17.9. The van der Waals surface area contributed by atoms with Crippen LogP contribution in [0.2, 0.25) is 0 Å². The minimum Gasteiger partial charge on any atom is -0.491 e. The molecule has 1 aliphatic rings. The molecule has 30 heavy (non-hydrogen) atoms. The minimum atomic E-state index is -0.908. The van der Waals surface area contributed by atoms with E-state index in [1.807, 2.05) is 0 Å². The summed E-state index contributed by atoms with van der Waals surface area (Å²) in [6.45, 7) is 4.22. The fourth-order valence-electron chi connectivity index (χ4n) is 4.20. The summed E-state index contributed by atoms with van der Waals surface area (Å²) in [5.74, 6) is -0.954. The number of ether oxygens (including phenoxy) is 2. The van der Waals surface area contributed by atoms with Crippen molar-refractivity contribution < 1.29 is 23.1 Å². The lowest BCUT2D eigenvalue weighted by atomic mass is 9.84. The summed E-state index contributed by atoms with van der Waals surface area (Å²) in [7, 11) is 0. The zero-order valence-electron chi connectivity index (χ0n) is 17.9. The minimum absolute atomic E-state index is 0.0147. The lowest BCUT2D eigenvalue weighted by Gasteiger charge is -2.28. The van der Waals surface area contributed by atoms with E-state index in [1.54, 1.807) is 13.0 Å². The van der Waals surface area contributed by atoms with Crippen molar-refractivity contribution in [3.05, 3.63) is 40.2 Å². The third-order valence-corrected chi connectivity index (χ3v) is 5.87. The number of esters is 1. The highest BCUT2D eigenvalue weighted by atomic mass is 19.1. The van der Waals surface area contributed by atoms with Crippen LogP contribution in [0.1, 0.15) is 82.2 Å². The second-order valence-corrected chi connectivity index (χ2v) is 8.07. The summed E-state index contributed by atoms with van der Waals surface area (Å²) in [6, 6.07) is 4.34. The highest BCUT2D eigenvalue weighted by Gasteiger charge is 2.26. The van der Waals surface area contributed by atoms with Crippen LogP contribution in [0.15, 0.2) is 27.4 Å². The van der Waals surface area contributed by atoms with Crippen LogP contribution in [-0.4, -0.2) is 18.7 Å². The standard InChI is InChI=1S/C24H31FO5/c1-3-5-6-7-8-16-9-12-18(13-10-16)29-23(26)20-15-17-11-14-19(28-4-2)22(25)21(17)24(27)30-20/h11,14-16,18H,3-10,12-13H2,1-2H3. The fraction of sp³-hybridized carbons (Fsp3) is 0.583. The Labute approximate surface area is 176 Å². The molecule has 1 fully saturated rings. The Morgan fingerprint density at radius 2 is 1.90 bits per heavy atom. The maximum atomic E-state index is 14.5. The van der Waals surface area contributed by atoms with Crippen molar-refractivity contribution in [2.75, 3.05) is 6.61 Å². The van der Waals surface area contributed by atoms with Crippen LogP contribution in [0.5, 0.6) is 5.75 Å². The van der Waals surface area contributed by atoms with Crippen molar-refractivity contribution in [1.82, 2.24) is 0 Å². The third kappa shape index (κ3) is 5.41. The van der Waals surface area contributed by atoms with Gasteiger partial charge in [-0.05, 0) is 56.0 Å². The van der Waals surface area contributed by atoms with Crippen molar-refractivity contribution in [2.24, 2.45) is 5.92 Å². The fourth-order valence-corrected chi connectivity index (χ4v) is 4.20. The molecule has 1 heterocycles. The van der Waals surface area contributed by atoms with Gasteiger partial charge < -0.3 is 13.9 Å². The van der Waals surface area contributed by atoms with E-state index in [0.29, 0.717) is 5.92 Å². The first kappa shape index (κ1) is 22.3. The van der Waals surface area contributed by atoms with Crippen molar-refractivity contribution in [2.45, 2.75) is 77.7 Å². The molecular weight excluding hydrogens is 387 g/mol. The van der Waals surface area contributed by atoms with Gasteiger partial charge in [0, 0.05) is 0 Å². The predicted octanol–water partition coefficient (Wildman–Crippen LogP) is 6.02. The molecule has 1 aliphatic carbocycles. The van der Waals surface area contributed by atoms with Gasteiger partial charge in [-0.3, -0.25) is 0 Å². The number of unbranched alkanes of at least 4 members (excludes halogenated alkanes) is 3. The maximum Gasteiger partial charge on any atom is 0.374 e. The highest BCUT2D eigenvalue weighted by molar-refractivity contribution is 5.92. The van der Waals surface area contributed by atoms with E-state index in [2.05, 4.69) is 6.92 Å². The quantitative estimate of drug-likeness (QED) is 0.368. The largest absolute Gasteiger partial charge is 0.491 e. The Balaban J connectivity index is 1.61. The van der Waals surface area contributed by atoms with E-state index in [1.165, 1.54) is 44.2 Å². The number of carbonyl (C=O) groups is 1. The van der Waals surface area contributed by atoms with Gasteiger partial charge in [-0.15, -0.1) is 0 Å². The van der Waals surface area contributed by atoms with Crippen LogP contribution in [0, 0.1) is 11.7 Å². The van der Waals surface area contributed by atoms with Crippen molar-refractivity contribution in [1.29, 1.82) is 0 Å². The summed E-state index contributed by atoms with van der Waals surface area (Å²) < 4.78 is 30.3. The molecule has 0 bridgehead atoms. The van der Waals surface area contributed by atoms with E-state index in [-0.39, 0.29) is 35.0 Å². The molecule has 1 saturated carbocycles. The second kappa shape index (κ2) is 10.6. The summed E-state index contributed by atoms with van der Waals surface area (Å²) in [6.07, 6.45) is 9.94. The maximum absolute atomic E-state index is 14.5. The van der Waals surface area contributed by atoms with E-state index >= 15 is 0 Å². The molecule has 1 aromatic carbocycles. The molecule has 0 aliphatic heterocycles. The Morgan fingerprint density at radius 1 is 1.13 bits per heavy atom. The molecule has 1 aromatic heterocycles. The zero-order chi connectivity index (χ0) is 21.5. The van der Waals surface area contributed by atoms with Gasteiger partial charge in [0.1, 0.15) is 11.5 Å². The summed E-state index contributed by atoms with van der Waals surface area (Å²) >= 11 is 0. The van der Waals surface area contributed by atoms with E-state index < -0.39 is 17.4 Å². The van der Waals surface area contributed by atoms with Gasteiger partial charge in [-0.1, -0.05) is 45.1 Å². The van der Waals surface area contributed by atoms with Crippen LogP contribution in [0.25, 0.3) is 10.8 Å². The average Bonchev–Trinajstić information content (AvgIpc) is 2.74. The molecule has 164 valence electrons. The number of carbonyl (C=O) groups excluding carboxylic acids is 1. The van der Waals surface area contributed by atoms with Crippen LogP contribution in [-0.2, 0) is 4.74 Å². The molecule has 2 aromatic rings. The Kier molecular flexibility index (Phi) is 7.88. The number of benzene rings is 1. The molecule has 0 amide bonds. The van der Waals surface area contributed by atoms with E-state index in [0.717, 1.165) is 25.7 Å². The van der Waals surface area contributed by atoms with E-state index in [4.69, 9.17) is 13.9 Å². The molecule has 0 N–H and O–H groups in total. The summed E-state index contributed by atoms with van der Waals surface area (Å²) in [5, 5.41) is 0.0658. The molecule has 0 radical (unpaired) electrons. The molecule has 0 spiro atoms. The highest BCUT2D eigenvalue weighted by Crippen LogP contribution is 2.31. The molecule has 0 atom stereocenters. The average molecular weight is 419 g/mol. The first-order valence-electron chi connectivity index (χ1n) is 11.1. The van der Waals surface area contributed by atoms with Gasteiger partial charge >= 0.3 is 11.6 Å². The Morgan fingerprint density at radius 3 is 2.60 bits per heavy atom. The number of hydrogen-bond donors (Lipinski definition) is 0. The van der Waals surface area contributed by atoms with Crippen LogP contribution in [0.4, 0.5) is 4.39 Å². The molecular formula is C24H31FO5. The van der Waals surface area contributed by atoms with Gasteiger partial charge in [-0.2, -0.15) is 0 Å². The molecule has 5 nitrogen and oxygen atoms in total. The first-order valence-corrected chi connectivity index (χ1v) is 11.1. The summed E-state index contributed by atoms with van der Waals surface area (Å²) in [5.41, 5.74) is -0.908. The number of halogens is 1. The lowest BCUT2D eigenvalue weighted by Crippen LogP contribution is -2.25. The monoisotopic (exact) mass is 418 g/mol. The molecule has 0 unspecified atom stereocenters. The Bertz CT molecular complexity index is 912. The topological polar surface area (TPSA) is 65.7 Å². The van der Waals surface area contributed by atoms with Crippen molar-refractivity contribution in [3.63, 3.8) is 0 Å². The Hall–Kier alpha value is -2.37. The van der Waals surface area contributed by atoms with Crippen LogP contribution >= 0.6 is 0 Å². The summed E-state index contributed by atoms with van der Waals surface area (Å²) in [4.78, 5) is 24.8. The lowest BCUT2D eigenvalue weighted by molar-refractivity contribution is 0.0124. The van der Waals surface area contributed by atoms with Crippen LogP contribution < -0.4 is 10.4 Å². The molecule has 3 rings (SSSR count). The normalized spacial score (nSPS) is 19.0. The number of rotatable bonds is 9. The van der Waals surface area contributed by atoms with Crippen molar-refractivity contribution in [3.8, 4) is 5.75 Å². The van der Waals surface area contributed by atoms with Crippen molar-refractivity contribution >= 4 is 16.7 Å². The number of fused-ring (bicyclic) bond motifs is 1.